The number of nitrogens with zero attached hydrogens (tertiary/aromatic N) is 4. The van der Waals surface area contributed by atoms with E-state index in [4.69, 9.17) is 0 Å². The van der Waals surface area contributed by atoms with Gasteiger partial charge in [-0.2, -0.15) is 0 Å². The van der Waals surface area contributed by atoms with Crippen LogP contribution >= 0.6 is 0 Å². The zero-order chi connectivity index (χ0) is 17.4. The molecule has 1 aromatic heterocycles. The monoisotopic (exact) mass is 342 g/mol. The number of aromatic nitrogens is 2. The lowest BCUT2D eigenvalue weighted by atomic mass is 9.59. The Morgan fingerprint density at radius 1 is 1.00 bits per heavy atom. The maximum atomic E-state index is 4.38. The molecule has 4 rings (SSSR count). The van der Waals surface area contributed by atoms with Crippen LogP contribution < -0.4 is 0 Å². The summed E-state index contributed by atoms with van der Waals surface area (Å²) in [5.41, 5.74) is 2.04. The summed E-state index contributed by atoms with van der Waals surface area (Å²) in [6.45, 7) is 11.8. The molecule has 1 aliphatic carbocycles. The van der Waals surface area contributed by atoms with Gasteiger partial charge in [-0.15, -0.1) is 0 Å². The molecule has 0 bridgehead atoms. The molecule has 2 saturated heterocycles. The number of piperidine rings is 2. The number of likely N-dealkylation sites (tertiary alicyclic amines) is 2. The molecule has 1 aromatic rings. The Bertz CT molecular complexity index is 558. The van der Waals surface area contributed by atoms with Crippen LogP contribution in [0.4, 0.5) is 0 Å². The second kappa shape index (κ2) is 6.96. The Morgan fingerprint density at radius 2 is 1.60 bits per heavy atom. The highest BCUT2D eigenvalue weighted by Crippen LogP contribution is 2.51. The van der Waals surface area contributed by atoms with E-state index < -0.39 is 0 Å². The molecule has 4 heteroatoms. The number of aryl methyl sites for hydroxylation is 1. The van der Waals surface area contributed by atoms with E-state index in [0.717, 1.165) is 17.9 Å². The third kappa shape index (κ3) is 3.61. The van der Waals surface area contributed by atoms with Gasteiger partial charge >= 0.3 is 0 Å². The van der Waals surface area contributed by atoms with Crippen LogP contribution in [0, 0.1) is 12.3 Å². The van der Waals surface area contributed by atoms with Crippen LogP contribution in [0.15, 0.2) is 12.4 Å². The number of hydrogen-bond acceptors (Lipinski definition) is 4. The van der Waals surface area contributed by atoms with Gasteiger partial charge in [0.25, 0.3) is 0 Å². The highest BCUT2D eigenvalue weighted by molar-refractivity contribution is 5.13. The minimum absolute atomic E-state index is 0.667. The van der Waals surface area contributed by atoms with Crippen molar-refractivity contribution in [3.05, 3.63) is 23.8 Å². The van der Waals surface area contributed by atoms with Crippen molar-refractivity contribution in [3.63, 3.8) is 0 Å². The SMILES string of the molecule is Cc1ncc(C2CCN(C3CC4(CCN(C(C)C)CC4)C3)CC2)cn1. The van der Waals surface area contributed by atoms with Crippen molar-refractivity contribution >= 4 is 0 Å². The minimum atomic E-state index is 0.667. The summed E-state index contributed by atoms with van der Waals surface area (Å²) < 4.78 is 0. The smallest absolute Gasteiger partial charge is 0.125 e. The van der Waals surface area contributed by atoms with E-state index in [9.17, 15) is 0 Å². The molecule has 0 aromatic carbocycles. The van der Waals surface area contributed by atoms with Gasteiger partial charge in [-0.1, -0.05) is 0 Å². The first kappa shape index (κ1) is 17.4. The van der Waals surface area contributed by atoms with Gasteiger partial charge in [-0.25, -0.2) is 9.97 Å². The van der Waals surface area contributed by atoms with Gasteiger partial charge in [-0.05, 0) is 102 Å². The van der Waals surface area contributed by atoms with E-state index in [0.29, 0.717) is 11.3 Å². The molecular weight excluding hydrogens is 308 g/mol. The van der Waals surface area contributed by atoms with E-state index in [1.165, 1.54) is 70.3 Å². The van der Waals surface area contributed by atoms with Gasteiger partial charge in [0.2, 0.25) is 0 Å². The molecule has 0 atom stereocenters. The third-order valence-corrected chi connectivity index (χ3v) is 7.24. The summed E-state index contributed by atoms with van der Waals surface area (Å²) in [5.74, 6) is 1.55. The Morgan fingerprint density at radius 3 is 2.16 bits per heavy atom. The zero-order valence-corrected chi connectivity index (χ0v) is 16.2. The highest BCUT2D eigenvalue weighted by atomic mass is 15.2. The van der Waals surface area contributed by atoms with Gasteiger partial charge < -0.3 is 9.80 Å². The van der Waals surface area contributed by atoms with E-state index in [1.807, 2.05) is 19.3 Å². The summed E-state index contributed by atoms with van der Waals surface area (Å²) in [6, 6.07) is 1.58. The van der Waals surface area contributed by atoms with E-state index in [-0.39, 0.29) is 0 Å². The molecule has 0 amide bonds. The first-order chi connectivity index (χ1) is 12.0. The minimum Gasteiger partial charge on any atom is -0.301 e. The Labute approximate surface area is 153 Å². The molecule has 4 nitrogen and oxygen atoms in total. The van der Waals surface area contributed by atoms with Crippen LogP contribution in [-0.2, 0) is 0 Å². The third-order valence-electron chi connectivity index (χ3n) is 7.24. The van der Waals surface area contributed by atoms with Gasteiger partial charge in [0.1, 0.15) is 5.82 Å². The van der Waals surface area contributed by atoms with Crippen molar-refractivity contribution in [1.29, 1.82) is 0 Å². The van der Waals surface area contributed by atoms with E-state index in [1.54, 1.807) is 0 Å². The number of rotatable bonds is 3. The topological polar surface area (TPSA) is 32.3 Å². The average molecular weight is 343 g/mol. The normalized spacial score (nSPS) is 26.2. The lowest BCUT2D eigenvalue weighted by molar-refractivity contribution is -0.0534. The molecule has 3 fully saturated rings. The maximum Gasteiger partial charge on any atom is 0.125 e. The summed E-state index contributed by atoms with van der Waals surface area (Å²) in [5, 5.41) is 0. The predicted molar refractivity (Wildman–Crippen MR) is 102 cm³/mol. The van der Waals surface area contributed by atoms with Crippen LogP contribution in [-0.4, -0.2) is 58.0 Å². The highest BCUT2D eigenvalue weighted by Gasteiger charge is 2.48. The van der Waals surface area contributed by atoms with Crippen molar-refractivity contribution in [1.82, 2.24) is 19.8 Å². The van der Waals surface area contributed by atoms with Crippen molar-refractivity contribution in [2.45, 2.75) is 77.3 Å². The summed E-state index contributed by atoms with van der Waals surface area (Å²) in [7, 11) is 0. The van der Waals surface area contributed by atoms with Crippen LogP contribution in [0.3, 0.4) is 0 Å². The van der Waals surface area contributed by atoms with Gasteiger partial charge in [0, 0.05) is 24.5 Å². The Balaban J connectivity index is 1.24. The molecule has 138 valence electrons. The van der Waals surface area contributed by atoms with Crippen molar-refractivity contribution in [3.8, 4) is 0 Å². The largest absolute Gasteiger partial charge is 0.301 e. The molecule has 0 radical (unpaired) electrons. The molecule has 1 saturated carbocycles. The number of hydrogen-bond donors (Lipinski definition) is 0. The fraction of sp³-hybridized carbons (Fsp3) is 0.810. The summed E-state index contributed by atoms with van der Waals surface area (Å²) in [6.07, 6.45) is 12.4. The van der Waals surface area contributed by atoms with Crippen LogP contribution in [0.25, 0.3) is 0 Å². The molecule has 3 heterocycles. The lowest BCUT2D eigenvalue weighted by Crippen LogP contribution is -2.56. The fourth-order valence-electron chi connectivity index (χ4n) is 5.33. The predicted octanol–water partition coefficient (Wildman–Crippen LogP) is 3.62. The van der Waals surface area contributed by atoms with E-state index >= 15 is 0 Å². The zero-order valence-electron chi connectivity index (χ0n) is 16.2. The summed E-state index contributed by atoms with van der Waals surface area (Å²) in [4.78, 5) is 14.2. The first-order valence-electron chi connectivity index (χ1n) is 10.3. The van der Waals surface area contributed by atoms with Crippen LogP contribution in [0.5, 0.6) is 0 Å². The molecule has 3 aliphatic rings. The fourth-order valence-corrected chi connectivity index (χ4v) is 5.33. The molecule has 0 unspecified atom stereocenters. The molecule has 1 spiro atoms. The maximum absolute atomic E-state index is 4.38. The quantitative estimate of drug-likeness (QED) is 0.840. The molecule has 0 N–H and O–H groups in total. The standard InChI is InChI=1S/C21H34N4/c1-16(2)24-10-6-21(7-11-24)12-20(13-21)25-8-4-18(5-9-25)19-14-22-17(3)23-15-19/h14-16,18,20H,4-13H2,1-3H3. The molecule has 25 heavy (non-hydrogen) atoms. The van der Waals surface area contributed by atoms with Crippen molar-refractivity contribution in [2.24, 2.45) is 5.41 Å². The lowest BCUT2D eigenvalue weighted by Gasteiger charge is -2.56. The van der Waals surface area contributed by atoms with Gasteiger partial charge in [0.05, 0.1) is 0 Å². The van der Waals surface area contributed by atoms with E-state index in [2.05, 4.69) is 33.6 Å². The van der Waals surface area contributed by atoms with Gasteiger partial charge in [-0.3, -0.25) is 0 Å². The molecule has 2 aliphatic heterocycles. The van der Waals surface area contributed by atoms with Crippen LogP contribution in [0.2, 0.25) is 0 Å². The van der Waals surface area contributed by atoms with Gasteiger partial charge in [0.15, 0.2) is 0 Å². The second-order valence-electron chi connectivity index (χ2n) is 9.07. The van der Waals surface area contributed by atoms with Crippen molar-refractivity contribution in [2.75, 3.05) is 26.2 Å². The average Bonchev–Trinajstić information content (AvgIpc) is 2.60. The Hall–Kier alpha value is -1.00. The van der Waals surface area contributed by atoms with Crippen LogP contribution in [0.1, 0.15) is 69.7 Å². The van der Waals surface area contributed by atoms with Crippen molar-refractivity contribution < 1.29 is 0 Å². The first-order valence-corrected chi connectivity index (χ1v) is 10.3. The second-order valence-corrected chi connectivity index (χ2v) is 9.07. The molecular formula is C21H34N4. The Kier molecular flexibility index (Phi) is 4.85. The summed E-state index contributed by atoms with van der Waals surface area (Å²) >= 11 is 0.